The Morgan fingerprint density at radius 2 is 1.81 bits per heavy atom. The number of alkyl halides is 3. The van der Waals surface area contributed by atoms with Crippen LogP contribution >= 0.6 is 0 Å². The largest absolute Gasteiger partial charge is 0.490 e. The van der Waals surface area contributed by atoms with E-state index in [0.29, 0.717) is 6.04 Å². The van der Waals surface area contributed by atoms with Crippen LogP contribution in [0.5, 0.6) is 0 Å². The van der Waals surface area contributed by atoms with Crippen LogP contribution in [0.25, 0.3) is 10.8 Å². The normalized spacial score (nSPS) is 16.1. The number of aryl methyl sites for hydroxylation is 1. The number of hydrogen-bond acceptors (Lipinski definition) is 4. The molecule has 6 nitrogen and oxygen atoms in total. The monoisotopic (exact) mass is 501 g/mol. The summed E-state index contributed by atoms with van der Waals surface area (Å²) in [6.45, 7) is 6.01. The molecular formula is C27H30F3N3O3. The number of halogens is 3. The van der Waals surface area contributed by atoms with Gasteiger partial charge in [0.05, 0.1) is 6.04 Å². The SMILES string of the molecule is Cc1ccc(NC[C@H]2CCCN2)cc1C(=O)N[C@H](C)c1cccc2ccccc12.O=C(O)C(F)(F)F. The zero-order valence-electron chi connectivity index (χ0n) is 20.2. The molecule has 1 saturated heterocycles. The maximum atomic E-state index is 13.0. The van der Waals surface area contributed by atoms with Crippen LogP contribution in [0.2, 0.25) is 0 Å². The summed E-state index contributed by atoms with van der Waals surface area (Å²) in [6, 6.07) is 21.0. The van der Waals surface area contributed by atoms with Crippen LogP contribution in [0.15, 0.2) is 60.7 Å². The zero-order valence-corrected chi connectivity index (χ0v) is 20.2. The highest BCUT2D eigenvalue weighted by Crippen LogP contribution is 2.25. The second-order valence-corrected chi connectivity index (χ2v) is 8.77. The summed E-state index contributed by atoms with van der Waals surface area (Å²) in [5.41, 5.74) is 3.83. The maximum absolute atomic E-state index is 13.0. The number of carbonyl (C=O) groups excluding carboxylic acids is 1. The molecule has 3 aromatic carbocycles. The summed E-state index contributed by atoms with van der Waals surface area (Å²) in [6.07, 6.45) is -2.64. The van der Waals surface area contributed by atoms with E-state index in [4.69, 9.17) is 9.90 Å². The highest BCUT2D eigenvalue weighted by atomic mass is 19.4. The smallest absolute Gasteiger partial charge is 0.475 e. The number of benzene rings is 3. The first kappa shape index (κ1) is 27.0. The Kier molecular flexibility index (Phi) is 8.93. The third-order valence-electron chi connectivity index (χ3n) is 6.08. The molecule has 0 saturated carbocycles. The molecule has 0 spiro atoms. The van der Waals surface area contributed by atoms with Gasteiger partial charge in [-0.25, -0.2) is 4.79 Å². The van der Waals surface area contributed by atoms with Gasteiger partial charge in [-0.05, 0) is 67.3 Å². The summed E-state index contributed by atoms with van der Waals surface area (Å²) in [7, 11) is 0. The Bertz CT molecular complexity index is 1200. The van der Waals surface area contributed by atoms with E-state index < -0.39 is 12.1 Å². The van der Waals surface area contributed by atoms with E-state index in [2.05, 4.69) is 46.3 Å². The number of hydrogen-bond donors (Lipinski definition) is 4. The Hall–Kier alpha value is -3.59. The van der Waals surface area contributed by atoms with Gasteiger partial charge >= 0.3 is 12.1 Å². The van der Waals surface area contributed by atoms with Crippen LogP contribution in [0.4, 0.5) is 18.9 Å². The minimum Gasteiger partial charge on any atom is -0.475 e. The molecule has 0 unspecified atom stereocenters. The predicted molar refractivity (Wildman–Crippen MR) is 134 cm³/mol. The number of fused-ring (bicyclic) bond motifs is 1. The number of carboxylic acids is 1. The molecule has 192 valence electrons. The lowest BCUT2D eigenvalue weighted by Crippen LogP contribution is -2.29. The summed E-state index contributed by atoms with van der Waals surface area (Å²) in [5, 5.41) is 19.7. The molecule has 1 heterocycles. The number of anilines is 1. The molecule has 36 heavy (non-hydrogen) atoms. The minimum absolute atomic E-state index is 0.0365. The van der Waals surface area contributed by atoms with Gasteiger partial charge in [0, 0.05) is 23.8 Å². The molecule has 0 radical (unpaired) electrons. The van der Waals surface area contributed by atoms with Crippen molar-refractivity contribution in [2.45, 2.75) is 44.9 Å². The molecule has 0 aliphatic carbocycles. The zero-order chi connectivity index (χ0) is 26.3. The Balaban J connectivity index is 0.000000454. The van der Waals surface area contributed by atoms with Crippen LogP contribution in [0.3, 0.4) is 0 Å². The fourth-order valence-electron chi connectivity index (χ4n) is 4.13. The number of amides is 1. The Morgan fingerprint density at radius 3 is 2.47 bits per heavy atom. The Morgan fingerprint density at radius 1 is 1.11 bits per heavy atom. The van der Waals surface area contributed by atoms with Crippen molar-refractivity contribution in [1.29, 1.82) is 0 Å². The fourth-order valence-corrected chi connectivity index (χ4v) is 4.13. The van der Waals surface area contributed by atoms with Crippen molar-refractivity contribution in [2.24, 2.45) is 0 Å². The van der Waals surface area contributed by atoms with Gasteiger partial charge in [-0.3, -0.25) is 4.79 Å². The number of rotatable bonds is 6. The van der Waals surface area contributed by atoms with Gasteiger partial charge < -0.3 is 21.1 Å². The van der Waals surface area contributed by atoms with Crippen molar-refractivity contribution in [3.63, 3.8) is 0 Å². The van der Waals surface area contributed by atoms with Gasteiger partial charge in [0.2, 0.25) is 0 Å². The van der Waals surface area contributed by atoms with Crippen LogP contribution in [-0.4, -0.2) is 42.3 Å². The van der Waals surface area contributed by atoms with Crippen LogP contribution in [0, 0.1) is 6.92 Å². The quantitative estimate of drug-likeness (QED) is 0.361. The van der Waals surface area contributed by atoms with Crippen LogP contribution in [-0.2, 0) is 4.79 Å². The molecule has 1 amide bonds. The lowest BCUT2D eigenvalue weighted by Gasteiger charge is -2.18. The van der Waals surface area contributed by atoms with Crippen LogP contribution < -0.4 is 16.0 Å². The highest BCUT2D eigenvalue weighted by Gasteiger charge is 2.38. The number of carbonyl (C=O) groups is 2. The summed E-state index contributed by atoms with van der Waals surface area (Å²) < 4.78 is 31.7. The number of aliphatic carboxylic acids is 1. The Labute approximate surface area is 207 Å². The summed E-state index contributed by atoms with van der Waals surface area (Å²) in [4.78, 5) is 21.9. The molecule has 1 fully saturated rings. The van der Waals surface area contributed by atoms with E-state index in [1.54, 1.807) is 0 Å². The van der Waals surface area contributed by atoms with Gasteiger partial charge in [-0.1, -0.05) is 48.5 Å². The number of nitrogens with one attached hydrogen (secondary N) is 3. The van der Waals surface area contributed by atoms with Crippen molar-refractivity contribution < 1.29 is 27.9 Å². The first-order valence-electron chi connectivity index (χ1n) is 11.7. The molecule has 4 N–H and O–H groups in total. The topological polar surface area (TPSA) is 90.5 Å². The molecule has 3 aromatic rings. The third-order valence-corrected chi connectivity index (χ3v) is 6.08. The van der Waals surface area contributed by atoms with E-state index in [1.165, 1.54) is 23.6 Å². The lowest BCUT2D eigenvalue weighted by molar-refractivity contribution is -0.192. The molecule has 0 bridgehead atoms. The molecule has 2 atom stereocenters. The lowest BCUT2D eigenvalue weighted by atomic mass is 9.99. The molecule has 1 aliphatic rings. The van der Waals surface area contributed by atoms with Gasteiger partial charge in [0.25, 0.3) is 5.91 Å². The molecule has 0 aromatic heterocycles. The van der Waals surface area contributed by atoms with Crippen molar-refractivity contribution in [3.05, 3.63) is 77.4 Å². The van der Waals surface area contributed by atoms with E-state index in [9.17, 15) is 18.0 Å². The molecule has 4 rings (SSSR count). The first-order valence-corrected chi connectivity index (χ1v) is 11.7. The predicted octanol–water partition coefficient (Wildman–Crippen LogP) is 5.44. The number of carboxylic acid groups (broad SMARTS) is 1. The van der Waals surface area contributed by atoms with E-state index in [-0.39, 0.29) is 11.9 Å². The second-order valence-electron chi connectivity index (χ2n) is 8.77. The third kappa shape index (κ3) is 7.21. The summed E-state index contributed by atoms with van der Waals surface area (Å²) >= 11 is 0. The van der Waals surface area contributed by atoms with E-state index in [1.807, 2.05) is 44.2 Å². The van der Waals surface area contributed by atoms with Crippen molar-refractivity contribution in [3.8, 4) is 0 Å². The van der Waals surface area contributed by atoms with E-state index in [0.717, 1.165) is 35.5 Å². The van der Waals surface area contributed by atoms with Crippen LogP contribution in [0.1, 0.15) is 47.3 Å². The highest BCUT2D eigenvalue weighted by molar-refractivity contribution is 5.97. The fraction of sp³-hybridized carbons (Fsp3) is 0.333. The standard InChI is InChI=1S/C25H29N3O.C2HF3O2/c1-17-12-13-20(27-16-21-9-6-14-26-21)15-24(17)25(29)28-18(2)22-11-5-8-19-7-3-4-10-23(19)22;3-2(4,5)1(6)7/h3-5,7-8,10-13,15,18,21,26-27H,6,9,14,16H2,1-2H3,(H,28,29);(H,6,7)/t18-,21-;/m1./s1. The molecular weight excluding hydrogens is 471 g/mol. The molecule has 1 aliphatic heterocycles. The minimum atomic E-state index is -5.08. The van der Waals surface area contributed by atoms with Gasteiger partial charge in [-0.2, -0.15) is 13.2 Å². The van der Waals surface area contributed by atoms with Gasteiger partial charge in [0.1, 0.15) is 0 Å². The molecule has 9 heteroatoms. The summed E-state index contributed by atoms with van der Waals surface area (Å²) in [5.74, 6) is -2.79. The van der Waals surface area contributed by atoms with Crippen molar-refractivity contribution in [2.75, 3.05) is 18.4 Å². The van der Waals surface area contributed by atoms with Crippen molar-refractivity contribution in [1.82, 2.24) is 10.6 Å². The second kappa shape index (κ2) is 11.9. The average Bonchev–Trinajstić information content (AvgIpc) is 3.36. The first-order chi connectivity index (χ1) is 17.1. The van der Waals surface area contributed by atoms with E-state index >= 15 is 0 Å². The van der Waals surface area contributed by atoms with Crippen molar-refractivity contribution >= 4 is 28.3 Å². The maximum Gasteiger partial charge on any atom is 0.490 e. The van der Waals surface area contributed by atoms with Gasteiger partial charge in [-0.15, -0.1) is 0 Å². The van der Waals surface area contributed by atoms with Gasteiger partial charge in [0.15, 0.2) is 0 Å². The average molecular weight is 502 g/mol.